The van der Waals surface area contributed by atoms with Gasteiger partial charge in [-0.15, -0.1) is 0 Å². The molecule has 95 heavy (non-hydrogen) atoms. The predicted molar refractivity (Wildman–Crippen MR) is 398 cm³/mol. The van der Waals surface area contributed by atoms with Gasteiger partial charge in [-0.1, -0.05) is 267 Å². The molecule has 9 heteroatoms. The number of aromatic nitrogens is 4. The van der Waals surface area contributed by atoms with Crippen LogP contribution in [0.3, 0.4) is 0 Å². The molecule has 0 saturated carbocycles. The van der Waals surface area contributed by atoms with Crippen LogP contribution in [0.15, 0.2) is 370 Å². The van der Waals surface area contributed by atoms with E-state index in [1.165, 1.54) is 41.5 Å². The SMILES string of the molecule is c1ccc(-c2nc(-c3ccccc3)nc(-c3ccc(N(c4ccc(-c5ccncc5)cc4)c4cc(N5c6ccccc6[Si](c6ccccc6)(c6ccccc6)c6ccccc65)cc(N5c6ccccc6[Si](c6ccccc6)(c6ccccc6)c6ccccc65)c4)cc3)n2)cc1. The highest BCUT2D eigenvalue weighted by Crippen LogP contribution is 2.48. The summed E-state index contributed by atoms with van der Waals surface area (Å²) in [4.78, 5) is 27.3. The van der Waals surface area contributed by atoms with Gasteiger partial charge in [-0.3, -0.25) is 4.98 Å². The monoisotopic (exact) mass is 1250 g/mol. The molecule has 0 radical (unpaired) electrons. The van der Waals surface area contributed by atoms with Gasteiger partial charge in [0.05, 0.1) is 17.1 Å². The minimum absolute atomic E-state index is 0.586. The van der Waals surface area contributed by atoms with Crippen molar-refractivity contribution in [3.63, 3.8) is 0 Å². The number of para-hydroxylation sites is 4. The summed E-state index contributed by atoms with van der Waals surface area (Å²) in [5, 5.41) is 10.6. The molecule has 0 bridgehead atoms. The summed E-state index contributed by atoms with van der Waals surface area (Å²) in [7, 11) is -6.00. The van der Waals surface area contributed by atoms with Crippen LogP contribution in [0.25, 0.3) is 45.3 Å². The summed E-state index contributed by atoms with van der Waals surface area (Å²) in [6, 6.07) is 131. The number of rotatable bonds is 13. The van der Waals surface area contributed by atoms with Crippen molar-refractivity contribution in [2.45, 2.75) is 0 Å². The van der Waals surface area contributed by atoms with E-state index in [2.05, 4.69) is 341 Å². The fraction of sp³-hybridized carbons (Fsp3) is 0. The van der Waals surface area contributed by atoms with Crippen molar-refractivity contribution in [3.8, 4) is 45.3 Å². The molecule has 13 aromatic carbocycles. The molecular formula is C86H61N7Si2. The van der Waals surface area contributed by atoms with Crippen LogP contribution in [0.1, 0.15) is 0 Å². The third kappa shape index (κ3) is 9.71. The third-order valence-corrected chi connectivity index (χ3v) is 28.6. The van der Waals surface area contributed by atoms with Crippen molar-refractivity contribution >= 4 is 109 Å². The molecule has 0 spiro atoms. The normalized spacial score (nSPS) is 13.2. The second-order valence-corrected chi connectivity index (χ2v) is 31.6. The topological polar surface area (TPSA) is 61.3 Å². The quantitative estimate of drug-likeness (QED) is 0.107. The molecule has 0 N–H and O–H groups in total. The van der Waals surface area contributed by atoms with Crippen molar-refractivity contribution in [1.29, 1.82) is 0 Å². The second kappa shape index (κ2) is 24.2. The Hall–Kier alpha value is -12.1. The van der Waals surface area contributed by atoms with Crippen LogP contribution in [0.4, 0.5) is 51.2 Å². The Kier molecular flexibility index (Phi) is 14.4. The van der Waals surface area contributed by atoms with E-state index in [9.17, 15) is 0 Å². The minimum Gasteiger partial charge on any atom is -0.310 e. The molecule has 7 nitrogen and oxygen atoms in total. The first-order valence-electron chi connectivity index (χ1n) is 32.3. The molecule has 2 aliphatic heterocycles. The number of anilines is 9. The van der Waals surface area contributed by atoms with Gasteiger partial charge in [-0.05, 0) is 144 Å². The summed E-state index contributed by atoms with van der Waals surface area (Å²) in [5.41, 5.74) is 14.4. The van der Waals surface area contributed by atoms with E-state index in [-0.39, 0.29) is 0 Å². The highest BCUT2D eigenvalue weighted by molar-refractivity contribution is 7.22. The molecule has 0 saturated heterocycles. The first-order chi connectivity index (χ1) is 47.1. The van der Waals surface area contributed by atoms with Gasteiger partial charge in [-0.2, -0.15) is 0 Å². The van der Waals surface area contributed by atoms with E-state index in [1.807, 2.05) is 48.8 Å². The van der Waals surface area contributed by atoms with E-state index < -0.39 is 16.1 Å². The van der Waals surface area contributed by atoms with Gasteiger partial charge in [-0.25, -0.2) is 15.0 Å². The van der Waals surface area contributed by atoms with Crippen LogP contribution in [-0.4, -0.2) is 36.1 Å². The van der Waals surface area contributed by atoms with E-state index in [0.29, 0.717) is 17.5 Å². The van der Waals surface area contributed by atoms with Crippen molar-refractivity contribution < 1.29 is 0 Å². The minimum atomic E-state index is -3.00. The predicted octanol–water partition coefficient (Wildman–Crippen LogP) is 15.7. The molecule has 2 aliphatic rings. The highest BCUT2D eigenvalue weighted by atomic mass is 28.3. The van der Waals surface area contributed by atoms with Gasteiger partial charge in [0.2, 0.25) is 0 Å². The molecule has 15 aromatic rings. The van der Waals surface area contributed by atoms with Crippen LogP contribution in [-0.2, 0) is 0 Å². The number of nitrogens with zero attached hydrogens (tertiary/aromatic N) is 7. The van der Waals surface area contributed by atoms with E-state index in [1.54, 1.807) is 0 Å². The van der Waals surface area contributed by atoms with Crippen molar-refractivity contribution in [2.24, 2.45) is 0 Å². The Morgan fingerprint density at radius 2 is 0.505 bits per heavy atom. The van der Waals surface area contributed by atoms with Crippen molar-refractivity contribution in [1.82, 2.24) is 19.9 Å². The molecule has 448 valence electrons. The van der Waals surface area contributed by atoms with Gasteiger partial charge in [0.1, 0.15) is 0 Å². The maximum absolute atomic E-state index is 5.18. The zero-order chi connectivity index (χ0) is 63.1. The zero-order valence-electron chi connectivity index (χ0n) is 51.8. The Morgan fingerprint density at radius 3 is 0.842 bits per heavy atom. The Labute approximate surface area is 555 Å². The molecule has 0 amide bonds. The number of hydrogen-bond acceptors (Lipinski definition) is 7. The lowest BCUT2D eigenvalue weighted by atomic mass is 10.0. The van der Waals surface area contributed by atoms with Crippen LogP contribution in [0, 0.1) is 0 Å². The molecule has 0 atom stereocenters. The molecule has 0 aliphatic carbocycles. The number of hydrogen-bond donors (Lipinski definition) is 0. The number of pyridine rings is 1. The average Bonchev–Trinajstić information content (AvgIpc) is 0.704. The smallest absolute Gasteiger partial charge is 0.184 e. The lowest BCUT2D eigenvalue weighted by Gasteiger charge is -2.46. The molecule has 0 unspecified atom stereocenters. The Bertz CT molecular complexity index is 4810. The first kappa shape index (κ1) is 56.8. The largest absolute Gasteiger partial charge is 0.310 e. The van der Waals surface area contributed by atoms with Crippen LogP contribution < -0.4 is 56.2 Å². The van der Waals surface area contributed by atoms with Gasteiger partial charge >= 0.3 is 0 Å². The molecule has 2 aromatic heterocycles. The van der Waals surface area contributed by atoms with Gasteiger partial charge in [0.15, 0.2) is 33.6 Å². The number of benzene rings is 13. The summed E-state index contributed by atoms with van der Waals surface area (Å²) in [5.74, 6) is 1.81. The average molecular weight is 1250 g/mol. The fourth-order valence-electron chi connectivity index (χ4n) is 14.8. The lowest BCUT2D eigenvalue weighted by molar-refractivity contribution is 1.07. The van der Waals surface area contributed by atoms with Crippen LogP contribution >= 0.6 is 0 Å². The summed E-state index contributed by atoms with van der Waals surface area (Å²) < 4.78 is 0. The van der Waals surface area contributed by atoms with E-state index in [4.69, 9.17) is 15.0 Å². The second-order valence-electron chi connectivity index (χ2n) is 24.1. The zero-order valence-corrected chi connectivity index (χ0v) is 53.8. The van der Waals surface area contributed by atoms with E-state index >= 15 is 0 Å². The van der Waals surface area contributed by atoms with E-state index in [0.717, 1.165) is 79.0 Å². The molecule has 4 heterocycles. The maximum atomic E-state index is 5.18. The molecular weight excluding hydrogens is 1190 g/mol. The summed E-state index contributed by atoms with van der Waals surface area (Å²) >= 11 is 0. The summed E-state index contributed by atoms with van der Waals surface area (Å²) in [6.45, 7) is 0. The standard InChI is InChI=1S/C86H61N7Si2/c1-7-27-64(28-8-1)84-88-85(65-29-9-2-10-30-65)90-86(89-84)66-49-53-68(54-50-66)91(67-51-47-62(48-52-67)63-55-57-87-58-56-63)69-59-70(92-76-39-19-23-43-80(76)94(72-31-11-3-12-32-72,73-33-13-4-14-34-73)81-44-24-20-40-77(81)92)61-71(60-69)93-78-41-21-25-45-82(78)95(74-35-15-5-16-36-74,75-37-17-6-18-38-75)83-46-26-22-42-79(83)93/h1-61H. The molecule has 17 rings (SSSR count). The highest BCUT2D eigenvalue weighted by Gasteiger charge is 2.51. The lowest BCUT2D eigenvalue weighted by Crippen LogP contribution is -2.77. The number of fused-ring (bicyclic) bond motifs is 4. The van der Waals surface area contributed by atoms with Gasteiger partial charge < -0.3 is 14.7 Å². The van der Waals surface area contributed by atoms with Gasteiger partial charge in [0, 0.05) is 63.2 Å². The van der Waals surface area contributed by atoms with Crippen LogP contribution in [0.5, 0.6) is 0 Å². The first-order valence-corrected chi connectivity index (χ1v) is 36.3. The summed E-state index contributed by atoms with van der Waals surface area (Å²) in [6.07, 6.45) is 3.71. The molecule has 0 fully saturated rings. The van der Waals surface area contributed by atoms with Crippen LogP contribution in [0.2, 0.25) is 0 Å². The maximum Gasteiger partial charge on any atom is 0.184 e. The van der Waals surface area contributed by atoms with Crippen molar-refractivity contribution in [3.05, 3.63) is 370 Å². The third-order valence-electron chi connectivity index (χ3n) is 18.9. The Morgan fingerprint density at radius 1 is 0.232 bits per heavy atom. The van der Waals surface area contributed by atoms with Gasteiger partial charge in [0.25, 0.3) is 0 Å². The fourth-order valence-corrected chi connectivity index (χ4v) is 25.0. The Balaban J connectivity index is 0.928. The van der Waals surface area contributed by atoms with Crippen molar-refractivity contribution in [2.75, 3.05) is 14.7 Å².